The zero-order valence-corrected chi connectivity index (χ0v) is 14.7. The van der Waals surface area contributed by atoms with Crippen molar-refractivity contribution in [2.45, 2.75) is 19.4 Å². The number of nitrogens with zero attached hydrogens (tertiary/aromatic N) is 1. The van der Waals surface area contributed by atoms with Gasteiger partial charge in [0.1, 0.15) is 0 Å². The number of likely N-dealkylation sites (N-methyl/N-ethyl adjacent to an activating group) is 1. The van der Waals surface area contributed by atoms with Gasteiger partial charge in [-0.1, -0.05) is 29.3 Å². The second-order valence-electron chi connectivity index (χ2n) is 6.12. The highest BCUT2D eigenvalue weighted by Crippen LogP contribution is 2.23. The van der Waals surface area contributed by atoms with E-state index in [1.165, 1.54) is 0 Å². The number of likely N-dealkylation sites (tertiary alicyclic amines) is 1. The quantitative estimate of drug-likeness (QED) is 0.814. The van der Waals surface area contributed by atoms with Crippen LogP contribution < -0.4 is 10.6 Å². The smallest absolute Gasteiger partial charge is 0.277 e. The van der Waals surface area contributed by atoms with Gasteiger partial charge in [-0.05, 0) is 30.5 Å². The average Bonchev–Trinajstić information content (AvgIpc) is 2.51. The molecule has 1 fully saturated rings. The number of rotatable bonds is 5. The molecule has 1 saturated heterocycles. The minimum Gasteiger partial charge on any atom is -0.369 e. The highest BCUT2D eigenvalue weighted by atomic mass is 35.5. The monoisotopic (exact) mass is 358 g/mol. The van der Waals surface area contributed by atoms with Crippen molar-refractivity contribution in [2.75, 3.05) is 26.7 Å². The lowest BCUT2D eigenvalue weighted by Gasteiger charge is -2.29. The second kappa shape index (κ2) is 7.99. The van der Waals surface area contributed by atoms with E-state index in [1.54, 1.807) is 24.1 Å². The van der Waals surface area contributed by atoms with Gasteiger partial charge in [0.05, 0.1) is 29.1 Å². The van der Waals surface area contributed by atoms with Crippen LogP contribution in [0.3, 0.4) is 0 Å². The third-order valence-electron chi connectivity index (χ3n) is 4.25. The van der Waals surface area contributed by atoms with Crippen LogP contribution in [-0.2, 0) is 16.1 Å². The number of piperidine rings is 1. The Kier molecular flexibility index (Phi) is 6.27. The van der Waals surface area contributed by atoms with Crippen LogP contribution in [0.5, 0.6) is 0 Å². The van der Waals surface area contributed by atoms with Crippen LogP contribution in [0.25, 0.3) is 0 Å². The molecule has 2 rings (SSSR count). The molecule has 0 aromatic heterocycles. The molecular formula is C16H22Cl2N3O2+. The zero-order chi connectivity index (χ0) is 17.0. The van der Waals surface area contributed by atoms with Gasteiger partial charge in [-0.2, -0.15) is 0 Å². The Hall–Kier alpha value is -1.30. The van der Waals surface area contributed by atoms with Crippen molar-refractivity contribution in [2.24, 2.45) is 11.7 Å². The third-order valence-corrected chi connectivity index (χ3v) is 4.99. The van der Waals surface area contributed by atoms with Crippen molar-refractivity contribution in [3.05, 3.63) is 33.8 Å². The summed E-state index contributed by atoms with van der Waals surface area (Å²) in [4.78, 5) is 26.5. The van der Waals surface area contributed by atoms with Gasteiger partial charge in [0, 0.05) is 13.6 Å². The summed E-state index contributed by atoms with van der Waals surface area (Å²) in [7, 11) is 1.76. The molecule has 0 aliphatic carbocycles. The van der Waals surface area contributed by atoms with E-state index in [9.17, 15) is 9.59 Å². The molecule has 7 heteroatoms. The van der Waals surface area contributed by atoms with E-state index >= 15 is 0 Å². The van der Waals surface area contributed by atoms with Crippen LogP contribution >= 0.6 is 23.2 Å². The molecule has 0 spiro atoms. The fraction of sp³-hybridized carbons (Fsp3) is 0.500. The number of hydrogen-bond donors (Lipinski definition) is 2. The summed E-state index contributed by atoms with van der Waals surface area (Å²) >= 11 is 11.9. The standard InChI is InChI=1S/C16H21Cl2N3O2/c1-20(8-11-4-5-13(17)14(18)7-11)15(22)10-21-6-2-3-12(9-21)16(19)23/h4-5,7,12H,2-3,6,8-10H2,1H3,(H2,19,23)/p+1/t12-/m0/s1. The van der Waals surface area contributed by atoms with Crippen molar-refractivity contribution in [3.63, 3.8) is 0 Å². The summed E-state index contributed by atoms with van der Waals surface area (Å²) in [6.45, 7) is 2.39. The minimum atomic E-state index is -0.265. The maximum absolute atomic E-state index is 12.4. The molecule has 0 bridgehead atoms. The maximum atomic E-state index is 12.4. The summed E-state index contributed by atoms with van der Waals surface area (Å²) in [5.74, 6) is -0.345. The molecule has 126 valence electrons. The number of nitrogens with two attached hydrogens (primary N) is 1. The molecule has 1 heterocycles. The summed E-state index contributed by atoms with van der Waals surface area (Å²) in [6.07, 6.45) is 1.75. The van der Waals surface area contributed by atoms with E-state index in [2.05, 4.69) is 0 Å². The van der Waals surface area contributed by atoms with E-state index in [0.717, 1.165) is 29.8 Å². The lowest BCUT2D eigenvalue weighted by atomic mass is 9.97. The van der Waals surface area contributed by atoms with Crippen molar-refractivity contribution >= 4 is 35.0 Å². The molecule has 1 aromatic rings. The number of amides is 2. The van der Waals surface area contributed by atoms with Gasteiger partial charge in [-0.3, -0.25) is 9.59 Å². The Labute approximate surface area is 146 Å². The number of primary amides is 1. The number of hydrogen-bond acceptors (Lipinski definition) is 2. The Morgan fingerprint density at radius 1 is 1.35 bits per heavy atom. The molecule has 1 aliphatic heterocycles. The summed E-state index contributed by atoms with van der Waals surface area (Å²) in [5, 5.41) is 0.982. The van der Waals surface area contributed by atoms with E-state index in [-0.39, 0.29) is 17.7 Å². The second-order valence-corrected chi connectivity index (χ2v) is 6.94. The number of halogens is 2. The lowest BCUT2D eigenvalue weighted by Crippen LogP contribution is -3.14. The molecule has 0 saturated carbocycles. The predicted octanol–water partition coefficient (Wildman–Crippen LogP) is 0.732. The molecule has 1 aliphatic rings. The van der Waals surface area contributed by atoms with Gasteiger partial charge in [0.15, 0.2) is 6.54 Å². The molecule has 1 unspecified atom stereocenters. The van der Waals surface area contributed by atoms with Crippen LogP contribution in [0.2, 0.25) is 10.0 Å². The van der Waals surface area contributed by atoms with E-state index in [4.69, 9.17) is 28.9 Å². The first-order valence-corrected chi connectivity index (χ1v) is 8.43. The van der Waals surface area contributed by atoms with Crippen molar-refractivity contribution < 1.29 is 14.5 Å². The van der Waals surface area contributed by atoms with E-state index in [1.807, 2.05) is 6.07 Å². The maximum Gasteiger partial charge on any atom is 0.277 e. The van der Waals surface area contributed by atoms with Crippen LogP contribution in [-0.4, -0.2) is 43.4 Å². The average molecular weight is 359 g/mol. The number of carbonyl (C=O) groups excluding carboxylic acids is 2. The molecular weight excluding hydrogens is 337 g/mol. The molecule has 0 radical (unpaired) electrons. The Bertz CT molecular complexity index is 595. The van der Waals surface area contributed by atoms with Crippen molar-refractivity contribution in [1.82, 2.24) is 4.90 Å². The number of carbonyl (C=O) groups is 2. The third kappa shape index (κ3) is 5.09. The van der Waals surface area contributed by atoms with E-state index in [0.29, 0.717) is 29.7 Å². The summed E-state index contributed by atoms with van der Waals surface area (Å²) in [6, 6.07) is 5.35. The van der Waals surface area contributed by atoms with Crippen LogP contribution in [0.15, 0.2) is 18.2 Å². The fourth-order valence-electron chi connectivity index (χ4n) is 2.90. The number of benzene rings is 1. The molecule has 2 atom stereocenters. The molecule has 3 N–H and O–H groups in total. The summed E-state index contributed by atoms with van der Waals surface area (Å²) in [5.41, 5.74) is 6.31. The topological polar surface area (TPSA) is 67.8 Å². The van der Waals surface area contributed by atoms with Crippen LogP contribution in [0.4, 0.5) is 0 Å². The predicted molar refractivity (Wildman–Crippen MR) is 90.4 cm³/mol. The van der Waals surface area contributed by atoms with Gasteiger partial charge < -0.3 is 15.5 Å². The van der Waals surface area contributed by atoms with Gasteiger partial charge in [0.2, 0.25) is 5.91 Å². The van der Waals surface area contributed by atoms with E-state index < -0.39 is 0 Å². The van der Waals surface area contributed by atoms with Crippen LogP contribution in [0, 0.1) is 5.92 Å². The van der Waals surface area contributed by atoms with Crippen molar-refractivity contribution in [3.8, 4) is 0 Å². The Morgan fingerprint density at radius 2 is 2.09 bits per heavy atom. The summed E-state index contributed by atoms with van der Waals surface area (Å²) < 4.78 is 0. The first-order chi connectivity index (χ1) is 10.9. The van der Waals surface area contributed by atoms with Gasteiger partial charge in [-0.15, -0.1) is 0 Å². The first-order valence-electron chi connectivity index (χ1n) is 7.67. The number of quaternary nitrogens is 1. The van der Waals surface area contributed by atoms with Crippen LogP contribution in [0.1, 0.15) is 18.4 Å². The lowest BCUT2D eigenvalue weighted by molar-refractivity contribution is -0.899. The SMILES string of the molecule is CN(Cc1ccc(Cl)c(Cl)c1)C(=O)C[NH+]1CCC[C@H](C(N)=O)C1. The largest absolute Gasteiger partial charge is 0.369 e. The van der Waals surface area contributed by atoms with Gasteiger partial charge in [-0.25, -0.2) is 0 Å². The Balaban J connectivity index is 1.89. The zero-order valence-electron chi connectivity index (χ0n) is 13.1. The normalized spacial score (nSPS) is 21.0. The molecule has 5 nitrogen and oxygen atoms in total. The fourth-order valence-corrected chi connectivity index (χ4v) is 3.22. The molecule has 1 aromatic carbocycles. The molecule has 2 amide bonds. The van der Waals surface area contributed by atoms with Gasteiger partial charge in [0.25, 0.3) is 5.91 Å². The number of nitrogens with one attached hydrogen (secondary N) is 1. The van der Waals surface area contributed by atoms with Crippen molar-refractivity contribution in [1.29, 1.82) is 0 Å². The minimum absolute atomic E-state index is 0.0381. The molecule has 23 heavy (non-hydrogen) atoms. The first kappa shape index (κ1) is 18.0. The highest BCUT2D eigenvalue weighted by Gasteiger charge is 2.29. The highest BCUT2D eigenvalue weighted by molar-refractivity contribution is 6.42. The van der Waals surface area contributed by atoms with Gasteiger partial charge >= 0.3 is 0 Å². The Morgan fingerprint density at radius 3 is 2.74 bits per heavy atom.